The molecule has 0 radical (unpaired) electrons. The van der Waals surface area contributed by atoms with Crippen LogP contribution in [0.4, 0.5) is 0 Å². The molecule has 0 spiro atoms. The van der Waals surface area contributed by atoms with Crippen LogP contribution in [-0.4, -0.2) is 0 Å². The van der Waals surface area contributed by atoms with Crippen molar-refractivity contribution >= 4 is 0 Å². The van der Waals surface area contributed by atoms with Crippen LogP contribution in [0.15, 0.2) is 35.5 Å². The summed E-state index contributed by atoms with van der Waals surface area (Å²) in [5, 5.41) is 0. The SMILES string of the molecule is [C-]1=C(C2CCCCC2)C=CC1.[C-]1=C(C2CCCCC2)C=CC1.[Cl-].[Cl-].[Hf+4]. The summed E-state index contributed by atoms with van der Waals surface area (Å²) in [5.74, 6) is 1.73. The first-order chi connectivity index (χ1) is 10.9. The summed E-state index contributed by atoms with van der Waals surface area (Å²) in [6.45, 7) is 0. The van der Waals surface area contributed by atoms with E-state index in [2.05, 4.69) is 36.5 Å². The van der Waals surface area contributed by atoms with Crippen LogP contribution in [0.3, 0.4) is 0 Å². The van der Waals surface area contributed by atoms with Crippen molar-refractivity contribution in [2.24, 2.45) is 11.8 Å². The molecule has 0 atom stereocenters. The second kappa shape index (κ2) is 14.5. The summed E-state index contributed by atoms with van der Waals surface area (Å²) in [4.78, 5) is 0. The van der Waals surface area contributed by atoms with Crippen LogP contribution < -0.4 is 24.8 Å². The molecule has 0 nitrogen and oxygen atoms in total. The smallest absolute Gasteiger partial charge is 1.00 e. The van der Waals surface area contributed by atoms with E-state index < -0.39 is 0 Å². The van der Waals surface area contributed by atoms with Crippen LogP contribution >= 0.6 is 0 Å². The third-order valence-corrected chi connectivity index (χ3v) is 5.53. The Morgan fingerprint density at radius 2 is 0.960 bits per heavy atom. The van der Waals surface area contributed by atoms with E-state index in [1.165, 1.54) is 75.4 Å². The van der Waals surface area contributed by atoms with E-state index in [1.54, 1.807) is 0 Å². The minimum absolute atomic E-state index is 0. The van der Waals surface area contributed by atoms with E-state index in [9.17, 15) is 0 Å². The minimum atomic E-state index is 0. The molecule has 3 heteroatoms. The van der Waals surface area contributed by atoms with Crippen LogP contribution in [0.1, 0.15) is 77.0 Å². The maximum atomic E-state index is 3.43. The summed E-state index contributed by atoms with van der Waals surface area (Å²) in [7, 11) is 0. The zero-order valence-corrected chi connectivity index (χ0v) is 20.3. The molecule has 0 aromatic rings. The number of hydrogen-bond donors (Lipinski definition) is 0. The van der Waals surface area contributed by atoms with Crippen LogP contribution in [0.25, 0.3) is 0 Å². The molecule has 136 valence electrons. The molecule has 0 bridgehead atoms. The normalized spacial score (nSPS) is 22.6. The van der Waals surface area contributed by atoms with Crippen molar-refractivity contribution in [2.45, 2.75) is 77.0 Å². The Balaban J connectivity index is 0.000000411. The molecule has 0 N–H and O–H groups in total. The first-order valence-corrected chi connectivity index (χ1v) is 9.48. The van der Waals surface area contributed by atoms with E-state index in [-0.39, 0.29) is 50.7 Å². The van der Waals surface area contributed by atoms with Crippen molar-refractivity contribution in [3.05, 3.63) is 47.6 Å². The Morgan fingerprint density at radius 1 is 0.600 bits per heavy atom. The molecule has 4 rings (SSSR count). The molecule has 2 fully saturated rings. The van der Waals surface area contributed by atoms with E-state index in [0.29, 0.717) is 0 Å². The summed E-state index contributed by atoms with van der Waals surface area (Å²) in [5.41, 5.74) is 3.01. The van der Waals surface area contributed by atoms with Gasteiger partial charge in [-0.05, 0) is 37.5 Å². The molecule has 0 aliphatic heterocycles. The van der Waals surface area contributed by atoms with Crippen molar-refractivity contribution in [1.82, 2.24) is 0 Å². The fraction of sp³-hybridized carbons (Fsp3) is 0.636. The molecule has 2 saturated carbocycles. The summed E-state index contributed by atoms with van der Waals surface area (Å²) >= 11 is 0. The van der Waals surface area contributed by atoms with Gasteiger partial charge in [0.15, 0.2) is 0 Å². The van der Waals surface area contributed by atoms with Crippen molar-refractivity contribution in [3.8, 4) is 0 Å². The van der Waals surface area contributed by atoms with Gasteiger partial charge in [0, 0.05) is 0 Å². The standard InChI is InChI=1S/2C11H15.2ClH.Hf/c2*1-2-6-10(7-3-1)11-8-4-5-9-11;;;/h2*4,8,10H,1-3,5-7H2;2*1H;/q2*-1;;;+4/p-2. The van der Waals surface area contributed by atoms with Gasteiger partial charge in [-0.1, -0.05) is 38.5 Å². The monoisotopic (exact) mass is 544 g/mol. The first-order valence-electron chi connectivity index (χ1n) is 9.48. The summed E-state index contributed by atoms with van der Waals surface area (Å²) < 4.78 is 0. The van der Waals surface area contributed by atoms with Crippen LogP contribution in [-0.2, 0) is 25.8 Å². The van der Waals surface area contributed by atoms with Gasteiger partial charge in [0.25, 0.3) is 0 Å². The zero-order chi connectivity index (χ0) is 15.0. The molecule has 0 aromatic carbocycles. The van der Waals surface area contributed by atoms with Crippen molar-refractivity contribution in [2.75, 3.05) is 0 Å². The molecule has 4 aliphatic carbocycles. The van der Waals surface area contributed by atoms with E-state index >= 15 is 0 Å². The van der Waals surface area contributed by atoms with Gasteiger partial charge in [-0.25, -0.2) is 23.3 Å². The third-order valence-electron chi connectivity index (χ3n) is 5.53. The number of halogens is 2. The molecule has 4 aliphatic rings. The van der Waals surface area contributed by atoms with E-state index in [4.69, 9.17) is 0 Å². The fourth-order valence-corrected chi connectivity index (χ4v) is 4.23. The number of hydrogen-bond acceptors (Lipinski definition) is 0. The third kappa shape index (κ3) is 8.31. The van der Waals surface area contributed by atoms with Crippen LogP contribution in [0, 0.1) is 24.0 Å². The van der Waals surface area contributed by atoms with Crippen LogP contribution in [0.5, 0.6) is 0 Å². The van der Waals surface area contributed by atoms with Crippen molar-refractivity contribution in [3.63, 3.8) is 0 Å². The molecular formula is C22H30Cl2Hf. The van der Waals surface area contributed by atoms with E-state index in [0.717, 1.165) is 24.7 Å². The molecule has 0 unspecified atom stereocenters. The zero-order valence-electron chi connectivity index (χ0n) is 15.2. The summed E-state index contributed by atoms with van der Waals surface area (Å²) in [6.07, 6.45) is 32.3. The molecular weight excluding hydrogens is 514 g/mol. The Labute approximate surface area is 186 Å². The first kappa shape index (κ1) is 25.4. The molecule has 25 heavy (non-hydrogen) atoms. The van der Waals surface area contributed by atoms with Crippen molar-refractivity contribution in [1.29, 1.82) is 0 Å². The average Bonchev–Trinajstić information content (AvgIpc) is 3.31. The number of allylic oxidation sites excluding steroid dienone is 8. The predicted octanol–water partition coefficient (Wildman–Crippen LogP) is 0.518. The van der Waals surface area contributed by atoms with Gasteiger partial charge in [-0.3, -0.25) is 12.2 Å². The van der Waals surface area contributed by atoms with Gasteiger partial charge in [-0.15, -0.1) is 12.8 Å². The fourth-order valence-electron chi connectivity index (χ4n) is 4.23. The summed E-state index contributed by atoms with van der Waals surface area (Å²) in [6, 6.07) is 0. The molecule has 0 aromatic heterocycles. The predicted molar refractivity (Wildman–Crippen MR) is 94.2 cm³/mol. The van der Waals surface area contributed by atoms with Gasteiger partial charge < -0.3 is 24.8 Å². The second-order valence-electron chi connectivity index (χ2n) is 7.15. The Morgan fingerprint density at radius 3 is 1.24 bits per heavy atom. The van der Waals surface area contributed by atoms with Gasteiger partial charge >= 0.3 is 25.8 Å². The molecule has 0 heterocycles. The van der Waals surface area contributed by atoms with Crippen LogP contribution in [0.2, 0.25) is 0 Å². The Hall–Kier alpha value is 0.410. The quantitative estimate of drug-likeness (QED) is 0.352. The maximum Gasteiger partial charge on any atom is 4.00 e. The van der Waals surface area contributed by atoms with Gasteiger partial charge in [0.1, 0.15) is 0 Å². The topological polar surface area (TPSA) is 0 Å². The van der Waals surface area contributed by atoms with Gasteiger partial charge in [-0.2, -0.15) is 12.2 Å². The Kier molecular flexibility index (Phi) is 14.7. The Bertz CT molecular complexity index is 420. The minimum Gasteiger partial charge on any atom is -1.00 e. The largest absolute Gasteiger partial charge is 4.00 e. The van der Waals surface area contributed by atoms with E-state index in [1.807, 2.05) is 0 Å². The van der Waals surface area contributed by atoms with Gasteiger partial charge in [0.2, 0.25) is 0 Å². The van der Waals surface area contributed by atoms with Gasteiger partial charge in [0.05, 0.1) is 0 Å². The second-order valence-corrected chi connectivity index (χ2v) is 7.15. The average molecular weight is 544 g/mol. The van der Waals surface area contributed by atoms with Crippen molar-refractivity contribution < 1.29 is 50.7 Å². The number of rotatable bonds is 2. The molecule has 0 amide bonds. The molecule has 0 saturated heterocycles. The maximum absolute atomic E-state index is 3.43.